The van der Waals surface area contributed by atoms with E-state index < -0.39 is 18.2 Å². The molecule has 0 aromatic heterocycles. The predicted molar refractivity (Wildman–Crippen MR) is 60.8 cm³/mol. The highest BCUT2D eigenvalue weighted by atomic mass is 19.4. The van der Waals surface area contributed by atoms with E-state index in [2.05, 4.69) is 5.32 Å². The fraction of sp³-hybridized carbons (Fsp3) is 1.00. The molecule has 0 aromatic rings. The fourth-order valence-electron chi connectivity index (χ4n) is 2.40. The van der Waals surface area contributed by atoms with Crippen molar-refractivity contribution in [2.24, 2.45) is 0 Å². The Hall–Kier alpha value is -0.290. The second-order valence-corrected chi connectivity index (χ2v) is 5.32. The van der Waals surface area contributed by atoms with Crippen LogP contribution in [0.25, 0.3) is 0 Å². The predicted octanol–water partition coefficient (Wildman–Crippen LogP) is 3.00. The van der Waals surface area contributed by atoms with E-state index in [4.69, 9.17) is 0 Å². The van der Waals surface area contributed by atoms with Crippen molar-refractivity contribution in [1.29, 1.82) is 0 Å². The summed E-state index contributed by atoms with van der Waals surface area (Å²) in [4.78, 5) is 0. The summed E-state index contributed by atoms with van der Waals surface area (Å²) in [6.45, 7) is 2.59. The molecule has 0 saturated carbocycles. The number of hydrogen-bond acceptors (Lipinski definition) is 2. The van der Waals surface area contributed by atoms with Gasteiger partial charge in [-0.15, -0.1) is 0 Å². The van der Waals surface area contributed by atoms with Crippen LogP contribution >= 0.6 is 0 Å². The van der Waals surface area contributed by atoms with E-state index in [-0.39, 0.29) is 18.9 Å². The molecule has 0 spiro atoms. The van der Waals surface area contributed by atoms with Crippen LogP contribution in [0.5, 0.6) is 0 Å². The van der Waals surface area contributed by atoms with Gasteiger partial charge in [-0.05, 0) is 45.6 Å². The van der Waals surface area contributed by atoms with Gasteiger partial charge in [-0.1, -0.05) is 6.42 Å². The topological polar surface area (TPSA) is 32.3 Å². The second-order valence-electron chi connectivity index (χ2n) is 5.32. The van der Waals surface area contributed by atoms with Crippen LogP contribution in [0.4, 0.5) is 13.2 Å². The Labute approximate surface area is 101 Å². The maximum Gasteiger partial charge on any atom is 0.389 e. The number of halogens is 3. The van der Waals surface area contributed by atoms with Crippen LogP contribution in [0.15, 0.2) is 0 Å². The molecule has 5 heteroatoms. The van der Waals surface area contributed by atoms with E-state index >= 15 is 0 Å². The normalized spacial score (nSPS) is 25.6. The van der Waals surface area contributed by atoms with Crippen molar-refractivity contribution < 1.29 is 18.3 Å². The van der Waals surface area contributed by atoms with Crippen LogP contribution in [0.2, 0.25) is 0 Å². The lowest BCUT2D eigenvalue weighted by molar-refractivity contribution is -0.137. The minimum absolute atomic E-state index is 0.00319. The summed E-state index contributed by atoms with van der Waals surface area (Å²) in [7, 11) is 0. The molecular weight excluding hydrogens is 231 g/mol. The Balaban J connectivity index is 2.24. The first-order valence-corrected chi connectivity index (χ1v) is 6.31. The first-order chi connectivity index (χ1) is 7.79. The monoisotopic (exact) mass is 253 g/mol. The minimum atomic E-state index is -4.11. The van der Waals surface area contributed by atoms with Crippen LogP contribution in [-0.2, 0) is 0 Å². The summed E-state index contributed by atoms with van der Waals surface area (Å²) in [5.41, 5.74) is -0.986. The molecule has 1 fully saturated rings. The molecule has 0 aromatic carbocycles. The molecule has 1 saturated heterocycles. The van der Waals surface area contributed by atoms with Crippen LogP contribution in [-0.4, -0.2) is 29.5 Å². The van der Waals surface area contributed by atoms with Gasteiger partial charge < -0.3 is 10.4 Å². The molecule has 0 radical (unpaired) electrons. The SMILES string of the molecule is CC(O)(CCCC(F)(F)F)CC1CCCCN1. The van der Waals surface area contributed by atoms with Crippen molar-refractivity contribution >= 4 is 0 Å². The number of aliphatic hydroxyl groups is 1. The van der Waals surface area contributed by atoms with Crippen molar-refractivity contribution in [2.45, 2.75) is 69.7 Å². The van der Waals surface area contributed by atoms with E-state index in [1.54, 1.807) is 6.92 Å². The molecule has 1 rings (SSSR count). The van der Waals surface area contributed by atoms with Crippen molar-refractivity contribution in [3.05, 3.63) is 0 Å². The van der Waals surface area contributed by atoms with E-state index in [1.807, 2.05) is 0 Å². The van der Waals surface area contributed by atoms with Gasteiger partial charge >= 0.3 is 6.18 Å². The van der Waals surface area contributed by atoms with Crippen LogP contribution < -0.4 is 5.32 Å². The molecule has 0 bridgehead atoms. The zero-order valence-corrected chi connectivity index (χ0v) is 10.3. The first-order valence-electron chi connectivity index (χ1n) is 6.31. The minimum Gasteiger partial charge on any atom is -0.390 e. The summed E-state index contributed by atoms with van der Waals surface area (Å²) >= 11 is 0. The molecule has 2 atom stereocenters. The van der Waals surface area contributed by atoms with Crippen molar-refractivity contribution in [3.8, 4) is 0 Å². The maximum absolute atomic E-state index is 12.0. The van der Waals surface area contributed by atoms with Gasteiger partial charge in [-0.3, -0.25) is 0 Å². The molecule has 102 valence electrons. The third kappa shape index (κ3) is 6.88. The lowest BCUT2D eigenvalue weighted by atomic mass is 9.88. The van der Waals surface area contributed by atoms with Gasteiger partial charge in [0.1, 0.15) is 0 Å². The molecule has 2 unspecified atom stereocenters. The largest absolute Gasteiger partial charge is 0.390 e. The van der Waals surface area contributed by atoms with Crippen molar-refractivity contribution in [2.75, 3.05) is 6.54 Å². The summed E-state index contributed by atoms with van der Waals surface area (Å²) in [6.07, 6.45) is -0.863. The highest BCUT2D eigenvalue weighted by molar-refractivity contribution is 4.82. The first kappa shape index (κ1) is 14.8. The molecule has 1 aliphatic rings. The summed E-state index contributed by atoms with van der Waals surface area (Å²) in [5, 5.41) is 13.4. The number of nitrogens with one attached hydrogen (secondary N) is 1. The van der Waals surface area contributed by atoms with Crippen LogP contribution in [0, 0.1) is 0 Å². The van der Waals surface area contributed by atoms with Gasteiger partial charge in [0.15, 0.2) is 0 Å². The Morgan fingerprint density at radius 3 is 2.47 bits per heavy atom. The lowest BCUT2D eigenvalue weighted by Crippen LogP contribution is -2.41. The van der Waals surface area contributed by atoms with Gasteiger partial charge in [0.05, 0.1) is 5.60 Å². The summed E-state index contributed by atoms with van der Waals surface area (Å²) < 4.78 is 36.0. The fourth-order valence-corrected chi connectivity index (χ4v) is 2.40. The molecule has 1 aliphatic heterocycles. The molecule has 2 nitrogen and oxygen atoms in total. The zero-order chi connectivity index (χ0) is 12.9. The number of piperidine rings is 1. The number of rotatable bonds is 5. The molecule has 2 N–H and O–H groups in total. The molecule has 17 heavy (non-hydrogen) atoms. The Bertz CT molecular complexity index is 222. The van der Waals surface area contributed by atoms with Crippen LogP contribution in [0.1, 0.15) is 51.9 Å². The Kier molecular flexibility index (Phi) is 5.25. The molecule has 1 heterocycles. The van der Waals surface area contributed by atoms with Gasteiger partial charge in [0, 0.05) is 12.5 Å². The lowest BCUT2D eigenvalue weighted by Gasteiger charge is -2.31. The number of hydrogen-bond donors (Lipinski definition) is 2. The van der Waals surface area contributed by atoms with Crippen LogP contribution in [0.3, 0.4) is 0 Å². The third-order valence-electron chi connectivity index (χ3n) is 3.27. The van der Waals surface area contributed by atoms with E-state index in [9.17, 15) is 18.3 Å². The Morgan fingerprint density at radius 2 is 1.94 bits per heavy atom. The second kappa shape index (κ2) is 6.05. The van der Waals surface area contributed by atoms with Crippen molar-refractivity contribution in [1.82, 2.24) is 5.32 Å². The van der Waals surface area contributed by atoms with E-state index in [0.717, 1.165) is 25.8 Å². The van der Waals surface area contributed by atoms with Gasteiger partial charge in [-0.25, -0.2) is 0 Å². The maximum atomic E-state index is 12.0. The average Bonchev–Trinajstić information content (AvgIpc) is 2.15. The van der Waals surface area contributed by atoms with Crippen molar-refractivity contribution in [3.63, 3.8) is 0 Å². The highest BCUT2D eigenvalue weighted by Gasteiger charge is 2.30. The van der Waals surface area contributed by atoms with Gasteiger partial charge in [-0.2, -0.15) is 13.2 Å². The standard InChI is InChI=1S/C12H22F3NO/c1-11(17,6-4-7-12(13,14)15)9-10-5-2-3-8-16-10/h10,16-17H,2-9H2,1H3. The van der Waals surface area contributed by atoms with E-state index in [1.165, 1.54) is 0 Å². The average molecular weight is 253 g/mol. The molecule has 0 amide bonds. The molecular formula is C12H22F3NO. The smallest absolute Gasteiger partial charge is 0.389 e. The number of alkyl halides is 3. The molecule has 0 aliphatic carbocycles. The third-order valence-corrected chi connectivity index (χ3v) is 3.27. The zero-order valence-electron chi connectivity index (χ0n) is 10.3. The summed E-state index contributed by atoms with van der Waals surface area (Å²) in [6, 6.07) is 0.254. The quantitative estimate of drug-likeness (QED) is 0.789. The summed E-state index contributed by atoms with van der Waals surface area (Å²) in [5.74, 6) is 0. The van der Waals surface area contributed by atoms with E-state index in [0.29, 0.717) is 6.42 Å². The van der Waals surface area contributed by atoms with Gasteiger partial charge in [0.2, 0.25) is 0 Å². The van der Waals surface area contributed by atoms with Gasteiger partial charge in [0.25, 0.3) is 0 Å². The highest BCUT2D eigenvalue weighted by Crippen LogP contribution is 2.27. The Morgan fingerprint density at radius 1 is 1.24 bits per heavy atom.